The first-order valence-corrected chi connectivity index (χ1v) is 11.2. The predicted octanol–water partition coefficient (Wildman–Crippen LogP) is 4.80. The Morgan fingerprint density at radius 2 is 1.88 bits per heavy atom. The van der Waals surface area contributed by atoms with E-state index in [1.807, 2.05) is 0 Å². The standard InChI is InChI=1S/C25H25F2N3O4/c1-14-7-9-17(13-19(14)26)23(31)28-21(25(32)33)12-15-8-10-18(20(27)11-15)22-29-24(34-30-22)16-5-3-2-4-6-16/h7-11,13,16,21H,2-6,12H2,1H3,(H,28,31)(H,32,33). The largest absolute Gasteiger partial charge is 0.480 e. The average Bonchev–Trinajstić information content (AvgIpc) is 3.31. The van der Waals surface area contributed by atoms with Crippen LogP contribution in [0.3, 0.4) is 0 Å². The molecule has 0 radical (unpaired) electrons. The summed E-state index contributed by atoms with van der Waals surface area (Å²) in [4.78, 5) is 28.5. The van der Waals surface area contributed by atoms with Crippen molar-refractivity contribution in [1.82, 2.24) is 15.5 Å². The summed E-state index contributed by atoms with van der Waals surface area (Å²) >= 11 is 0. The first kappa shape index (κ1) is 23.5. The topological polar surface area (TPSA) is 105 Å². The fraction of sp³-hybridized carbons (Fsp3) is 0.360. The number of amides is 1. The number of benzene rings is 2. The second-order valence-corrected chi connectivity index (χ2v) is 8.64. The Balaban J connectivity index is 1.46. The van der Waals surface area contributed by atoms with E-state index in [4.69, 9.17) is 4.52 Å². The number of hydrogen-bond acceptors (Lipinski definition) is 5. The summed E-state index contributed by atoms with van der Waals surface area (Å²) in [7, 11) is 0. The minimum Gasteiger partial charge on any atom is -0.480 e. The molecule has 1 fully saturated rings. The second kappa shape index (κ2) is 10.1. The Morgan fingerprint density at radius 3 is 2.56 bits per heavy atom. The maximum atomic E-state index is 14.9. The molecule has 2 aromatic carbocycles. The highest BCUT2D eigenvalue weighted by molar-refractivity contribution is 5.96. The Hall–Kier alpha value is -3.62. The number of aromatic nitrogens is 2. The van der Waals surface area contributed by atoms with Crippen LogP contribution in [0.1, 0.15) is 65.4 Å². The maximum absolute atomic E-state index is 14.9. The molecule has 34 heavy (non-hydrogen) atoms. The molecule has 0 bridgehead atoms. The monoisotopic (exact) mass is 469 g/mol. The van der Waals surface area contributed by atoms with Crippen LogP contribution in [0, 0.1) is 18.6 Å². The van der Waals surface area contributed by atoms with Gasteiger partial charge in [-0.25, -0.2) is 13.6 Å². The van der Waals surface area contributed by atoms with Gasteiger partial charge in [0.15, 0.2) is 0 Å². The van der Waals surface area contributed by atoms with Gasteiger partial charge in [0.1, 0.15) is 17.7 Å². The summed E-state index contributed by atoms with van der Waals surface area (Å²) in [5.41, 5.74) is 0.886. The molecular weight excluding hydrogens is 444 g/mol. The van der Waals surface area contributed by atoms with Crippen LogP contribution in [-0.4, -0.2) is 33.2 Å². The lowest BCUT2D eigenvalue weighted by Crippen LogP contribution is -2.42. The van der Waals surface area contributed by atoms with Crippen molar-refractivity contribution in [3.8, 4) is 11.4 Å². The lowest BCUT2D eigenvalue weighted by molar-refractivity contribution is -0.139. The van der Waals surface area contributed by atoms with Gasteiger partial charge in [-0.2, -0.15) is 4.98 Å². The fourth-order valence-corrected chi connectivity index (χ4v) is 4.14. The van der Waals surface area contributed by atoms with E-state index in [-0.39, 0.29) is 29.3 Å². The smallest absolute Gasteiger partial charge is 0.326 e. The highest BCUT2D eigenvalue weighted by Gasteiger charge is 2.24. The van der Waals surface area contributed by atoms with Gasteiger partial charge < -0.3 is 14.9 Å². The van der Waals surface area contributed by atoms with Crippen LogP contribution in [0.2, 0.25) is 0 Å². The lowest BCUT2D eigenvalue weighted by atomic mass is 9.89. The van der Waals surface area contributed by atoms with Crippen molar-refractivity contribution in [2.24, 2.45) is 0 Å². The van der Waals surface area contributed by atoms with Crippen molar-refractivity contribution < 1.29 is 28.0 Å². The predicted molar refractivity (Wildman–Crippen MR) is 119 cm³/mol. The minimum absolute atomic E-state index is 0.00163. The number of nitrogens with zero attached hydrogens (tertiary/aromatic N) is 2. The van der Waals surface area contributed by atoms with E-state index in [9.17, 15) is 23.5 Å². The van der Waals surface area contributed by atoms with Crippen LogP contribution in [0.4, 0.5) is 8.78 Å². The number of carbonyl (C=O) groups excluding carboxylic acids is 1. The quantitative estimate of drug-likeness (QED) is 0.515. The molecule has 1 aromatic heterocycles. The highest BCUT2D eigenvalue weighted by Crippen LogP contribution is 2.33. The zero-order valence-electron chi connectivity index (χ0n) is 18.7. The number of hydrogen-bond donors (Lipinski definition) is 2. The van der Waals surface area contributed by atoms with Crippen molar-refractivity contribution >= 4 is 11.9 Å². The zero-order chi connectivity index (χ0) is 24.2. The number of aryl methyl sites for hydroxylation is 1. The van der Waals surface area contributed by atoms with Gasteiger partial charge in [0, 0.05) is 17.9 Å². The summed E-state index contributed by atoms with van der Waals surface area (Å²) in [6.45, 7) is 1.56. The van der Waals surface area contributed by atoms with Crippen LogP contribution < -0.4 is 5.32 Å². The van der Waals surface area contributed by atoms with Gasteiger partial charge in [0.2, 0.25) is 11.7 Å². The first-order valence-electron chi connectivity index (χ1n) is 11.2. The molecule has 0 aliphatic heterocycles. The van der Waals surface area contributed by atoms with Gasteiger partial charge in [0.05, 0.1) is 5.56 Å². The molecule has 7 nitrogen and oxygen atoms in total. The molecule has 1 unspecified atom stereocenters. The summed E-state index contributed by atoms with van der Waals surface area (Å²) in [5, 5.41) is 15.8. The number of aliphatic carboxylic acids is 1. The molecule has 1 heterocycles. The number of rotatable bonds is 7. The number of nitrogens with one attached hydrogen (secondary N) is 1. The molecule has 0 spiro atoms. The molecule has 1 atom stereocenters. The maximum Gasteiger partial charge on any atom is 0.326 e. The lowest BCUT2D eigenvalue weighted by Gasteiger charge is -2.17. The Labute approximate surface area is 195 Å². The number of carboxylic acids is 1. The second-order valence-electron chi connectivity index (χ2n) is 8.64. The average molecular weight is 469 g/mol. The molecule has 1 saturated carbocycles. The van der Waals surface area contributed by atoms with E-state index in [0.717, 1.165) is 31.7 Å². The number of halogens is 2. The molecule has 9 heteroatoms. The third kappa shape index (κ3) is 5.30. The Bertz CT molecular complexity index is 1200. The third-order valence-electron chi connectivity index (χ3n) is 6.15. The zero-order valence-corrected chi connectivity index (χ0v) is 18.7. The first-order chi connectivity index (χ1) is 16.3. The molecule has 3 aromatic rings. The molecule has 4 rings (SSSR count). The minimum atomic E-state index is -1.33. The summed E-state index contributed by atoms with van der Waals surface area (Å²) < 4.78 is 34.0. The number of carboxylic acid groups (broad SMARTS) is 1. The van der Waals surface area contributed by atoms with Crippen molar-refractivity contribution in [3.63, 3.8) is 0 Å². The summed E-state index contributed by atoms with van der Waals surface area (Å²) in [6.07, 6.45) is 5.18. The molecule has 1 aliphatic carbocycles. The molecule has 178 valence electrons. The Kier molecular flexibility index (Phi) is 7.00. The normalized spacial score (nSPS) is 15.1. The van der Waals surface area contributed by atoms with E-state index < -0.39 is 29.6 Å². The van der Waals surface area contributed by atoms with Gasteiger partial charge in [-0.3, -0.25) is 4.79 Å². The van der Waals surface area contributed by atoms with Crippen molar-refractivity contribution in [2.75, 3.05) is 0 Å². The van der Waals surface area contributed by atoms with E-state index >= 15 is 0 Å². The highest BCUT2D eigenvalue weighted by atomic mass is 19.1. The van der Waals surface area contributed by atoms with Gasteiger partial charge in [0.25, 0.3) is 5.91 Å². The molecular formula is C25H25F2N3O4. The summed E-state index contributed by atoms with van der Waals surface area (Å²) in [5.74, 6) is -2.35. The molecule has 1 aliphatic rings. The van der Waals surface area contributed by atoms with Crippen LogP contribution in [0.5, 0.6) is 0 Å². The molecule has 1 amide bonds. The van der Waals surface area contributed by atoms with Crippen LogP contribution >= 0.6 is 0 Å². The van der Waals surface area contributed by atoms with E-state index in [1.165, 1.54) is 30.7 Å². The SMILES string of the molecule is Cc1ccc(C(=O)NC(Cc2ccc(-c3noc(C4CCCCC4)n3)c(F)c2)C(=O)O)cc1F. The van der Waals surface area contributed by atoms with Crippen molar-refractivity contribution in [2.45, 2.75) is 57.4 Å². The molecule has 2 N–H and O–H groups in total. The van der Waals surface area contributed by atoms with Crippen LogP contribution in [0.15, 0.2) is 40.9 Å². The van der Waals surface area contributed by atoms with E-state index in [1.54, 1.807) is 13.0 Å². The van der Waals surface area contributed by atoms with E-state index in [2.05, 4.69) is 15.5 Å². The van der Waals surface area contributed by atoms with Gasteiger partial charge >= 0.3 is 5.97 Å². The summed E-state index contributed by atoms with van der Waals surface area (Å²) in [6, 6.07) is 6.79. The third-order valence-corrected chi connectivity index (χ3v) is 6.15. The van der Waals surface area contributed by atoms with Gasteiger partial charge in [-0.15, -0.1) is 0 Å². The number of carbonyl (C=O) groups is 2. The van der Waals surface area contributed by atoms with Crippen LogP contribution in [0.25, 0.3) is 11.4 Å². The fourth-order valence-electron chi connectivity index (χ4n) is 4.14. The van der Waals surface area contributed by atoms with Gasteiger partial charge in [-0.05, 0) is 55.2 Å². The van der Waals surface area contributed by atoms with E-state index in [0.29, 0.717) is 17.0 Å². The van der Waals surface area contributed by atoms with Crippen molar-refractivity contribution in [1.29, 1.82) is 0 Å². The Morgan fingerprint density at radius 1 is 1.12 bits per heavy atom. The van der Waals surface area contributed by atoms with Gasteiger partial charge in [-0.1, -0.05) is 36.6 Å². The van der Waals surface area contributed by atoms with Crippen molar-refractivity contribution in [3.05, 3.63) is 70.6 Å². The van der Waals surface area contributed by atoms with Crippen LogP contribution in [-0.2, 0) is 11.2 Å². The molecule has 0 saturated heterocycles.